The maximum Gasteiger partial charge on any atom is 0.170 e. The molecule has 0 aromatic heterocycles. The summed E-state index contributed by atoms with van der Waals surface area (Å²) >= 11 is 5.23. The van der Waals surface area contributed by atoms with Crippen molar-refractivity contribution < 1.29 is 5.11 Å². The molecule has 3 N–H and O–H groups in total. The molecule has 2 aromatic carbocycles. The molecule has 0 heterocycles. The van der Waals surface area contributed by atoms with Gasteiger partial charge in [0.05, 0.1) is 6.10 Å². The molecule has 0 aliphatic heterocycles. The van der Waals surface area contributed by atoms with Crippen LogP contribution in [0.1, 0.15) is 24.2 Å². The number of anilines is 1. The van der Waals surface area contributed by atoms with Crippen LogP contribution in [0.15, 0.2) is 54.6 Å². The van der Waals surface area contributed by atoms with Gasteiger partial charge in [-0.2, -0.15) is 0 Å². The lowest BCUT2D eigenvalue weighted by molar-refractivity contribution is 0.181. The van der Waals surface area contributed by atoms with Crippen LogP contribution >= 0.6 is 12.2 Å². The van der Waals surface area contributed by atoms with E-state index in [1.54, 1.807) is 0 Å². The monoisotopic (exact) mass is 300 g/mol. The molecule has 1 atom stereocenters. The van der Waals surface area contributed by atoms with E-state index in [0.29, 0.717) is 11.7 Å². The minimum Gasteiger partial charge on any atom is -0.387 e. The van der Waals surface area contributed by atoms with E-state index in [0.717, 1.165) is 17.7 Å². The molecular formula is C17H20N2OS. The van der Waals surface area contributed by atoms with Crippen LogP contribution in [-0.2, 0) is 6.42 Å². The summed E-state index contributed by atoms with van der Waals surface area (Å²) in [4.78, 5) is 0. The van der Waals surface area contributed by atoms with Crippen LogP contribution in [-0.4, -0.2) is 16.8 Å². The minimum atomic E-state index is -0.576. The van der Waals surface area contributed by atoms with E-state index in [4.69, 9.17) is 12.2 Å². The van der Waals surface area contributed by atoms with Gasteiger partial charge in [-0.25, -0.2) is 0 Å². The number of hydrogen-bond donors (Lipinski definition) is 3. The number of aliphatic hydroxyl groups is 1. The third kappa shape index (κ3) is 4.85. The Hall–Kier alpha value is -1.91. The third-order valence-corrected chi connectivity index (χ3v) is 3.51. The predicted molar refractivity (Wildman–Crippen MR) is 91.4 cm³/mol. The second kappa shape index (κ2) is 7.76. The molecule has 0 spiro atoms. The Bertz CT molecular complexity index is 569. The van der Waals surface area contributed by atoms with Crippen LogP contribution in [0, 0.1) is 0 Å². The van der Waals surface area contributed by atoms with Crippen molar-refractivity contribution in [3.05, 3.63) is 65.7 Å². The van der Waals surface area contributed by atoms with E-state index in [1.165, 1.54) is 5.56 Å². The van der Waals surface area contributed by atoms with Gasteiger partial charge >= 0.3 is 0 Å². The zero-order valence-corrected chi connectivity index (χ0v) is 12.9. The molecule has 0 fully saturated rings. The molecule has 2 rings (SSSR count). The largest absolute Gasteiger partial charge is 0.387 e. The SMILES string of the molecule is CCc1ccc(NC(=S)NC[C@H](O)c2ccccc2)cc1. The topological polar surface area (TPSA) is 44.3 Å². The zero-order chi connectivity index (χ0) is 15.1. The Morgan fingerprint density at radius 2 is 1.76 bits per heavy atom. The van der Waals surface area contributed by atoms with E-state index in [-0.39, 0.29) is 0 Å². The quantitative estimate of drug-likeness (QED) is 0.742. The summed E-state index contributed by atoms with van der Waals surface area (Å²) in [5.41, 5.74) is 3.11. The van der Waals surface area contributed by atoms with Gasteiger partial charge in [0.25, 0.3) is 0 Å². The summed E-state index contributed by atoms with van der Waals surface area (Å²) in [6.45, 7) is 2.50. The van der Waals surface area contributed by atoms with E-state index < -0.39 is 6.10 Å². The van der Waals surface area contributed by atoms with Crippen molar-refractivity contribution in [2.24, 2.45) is 0 Å². The average Bonchev–Trinajstić information content (AvgIpc) is 2.54. The number of aryl methyl sites for hydroxylation is 1. The van der Waals surface area contributed by atoms with Gasteiger partial charge in [0.2, 0.25) is 0 Å². The maximum atomic E-state index is 10.1. The van der Waals surface area contributed by atoms with Gasteiger partial charge in [-0.3, -0.25) is 0 Å². The molecule has 21 heavy (non-hydrogen) atoms. The predicted octanol–water partition coefficient (Wildman–Crippen LogP) is 3.27. The zero-order valence-electron chi connectivity index (χ0n) is 12.0. The van der Waals surface area contributed by atoms with Crippen molar-refractivity contribution in [1.29, 1.82) is 0 Å². The maximum absolute atomic E-state index is 10.1. The average molecular weight is 300 g/mol. The number of hydrogen-bond acceptors (Lipinski definition) is 2. The molecule has 0 saturated heterocycles. The lowest BCUT2D eigenvalue weighted by Crippen LogP contribution is -2.32. The fourth-order valence-corrected chi connectivity index (χ4v) is 2.18. The van der Waals surface area contributed by atoms with Crippen LogP contribution in [0.4, 0.5) is 5.69 Å². The summed E-state index contributed by atoms with van der Waals surface area (Å²) in [6.07, 6.45) is 0.445. The summed E-state index contributed by atoms with van der Waals surface area (Å²) in [6, 6.07) is 17.7. The molecule has 3 nitrogen and oxygen atoms in total. The smallest absolute Gasteiger partial charge is 0.170 e. The van der Waals surface area contributed by atoms with Crippen molar-refractivity contribution in [2.75, 3.05) is 11.9 Å². The highest BCUT2D eigenvalue weighted by atomic mass is 32.1. The minimum absolute atomic E-state index is 0.378. The Balaban J connectivity index is 1.81. The van der Waals surface area contributed by atoms with Crippen molar-refractivity contribution in [3.8, 4) is 0 Å². The summed E-state index contributed by atoms with van der Waals surface area (Å²) < 4.78 is 0. The number of nitrogens with one attached hydrogen (secondary N) is 2. The van der Waals surface area contributed by atoms with Gasteiger partial charge in [-0.05, 0) is 41.9 Å². The lowest BCUT2D eigenvalue weighted by atomic mass is 10.1. The van der Waals surface area contributed by atoms with Crippen molar-refractivity contribution in [3.63, 3.8) is 0 Å². The van der Waals surface area contributed by atoms with Crippen LogP contribution in [0.2, 0.25) is 0 Å². The van der Waals surface area contributed by atoms with E-state index in [2.05, 4.69) is 29.7 Å². The second-order valence-corrected chi connectivity index (χ2v) is 5.22. The van der Waals surface area contributed by atoms with Gasteiger partial charge < -0.3 is 15.7 Å². The van der Waals surface area contributed by atoms with Crippen molar-refractivity contribution in [2.45, 2.75) is 19.4 Å². The van der Waals surface area contributed by atoms with Crippen molar-refractivity contribution in [1.82, 2.24) is 5.32 Å². The number of aliphatic hydroxyl groups excluding tert-OH is 1. The molecule has 0 bridgehead atoms. The first-order chi connectivity index (χ1) is 10.2. The summed E-state index contributed by atoms with van der Waals surface area (Å²) in [7, 11) is 0. The van der Waals surface area contributed by atoms with Crippen LogP contribution in [0.25, 0.3) is 0 Å². The fourth-order valence-electron chi connectivity index (χ4n) is 1.98. The molecule has 2 aromatic rings. The number of rotatable bonds is 5. The van der Waals surface area contributed by atoms with Gasteiger partial charge in [0.1, 0.15) is 0 Å². The molecular weight excluding hydrogens is 280 g/mol. The Morgan fingerprint density at radius 1 is 1.10 bits per heavy atom. The van der Waals surface area contributed by atoms with Crippen LogP contribution < -0.4 is 10.6 Å². The first kappa shape index (κ1) is 15.5. The standard InChI is InChI=1S/C17H20N2OS/c1-2-13-8-10-15(11-9-13)19-17(21)18-12-16(20)14-6-4-3-5-7-14/h3-11,16,20H,2,12H2,1H3,(H2,18,19,21)/t16-/m0/s1. The first-order valence-electron chi connectivity index (χ1n) is 7.06. The molecule has 0 unspecified atom stereocenters. The molecule has 4 heteroatoms. The van der Waals surface area contributed by atoms with E-state index in [1.807, 2.05) is 42.5 Å². The van der Waals surface area contributed by atoms with Crippen LogP contribution in [0.5, 0.6) is 0 Å². The Morgan fingerprint density at radius 3 is 2.38 bits per heavy atom. The summed E-state index contributed by atoms with van der Waals surface area (Å²) in [5, 5.41) is 16.7. The van der Waals surface area contributed by atoms with Gasteiger partial charge in [0.15, 0.2) is 5.11 Å². The fraction of sp³-hybridized carbons (Fsp3) is 0.235. The highest BCUT2D eigenvalue weighted by Gasteiger charge is 2.07. The molecule has 0 aliphatic carbocycles. The number of thiocarbonyl (C=S) groups is 1. The number of benzene rings is 2. The van der Waals surface area contributed by atoms with E-state index in [9.17, 15) is 5.11 Å². The van der Waals surface area contributed by atoms with Gasteiger partial charge in [0, 0.05) is 12.2 Å². The molecule has 0 saturated carbocycles. The highest BCUT2D eigenvalue weighted by molar-refractivity contribution is 7.80. The highest BCUT2D eigenvalue weighted by Crippen LogP contribution is 2.12. The van der Waals surface area contributed by atoms with Gasteiger partial charge in [-0.1, -0.05) is 49.4 Å². The van der Waals surface area contributed by atoms with Crippen molar-refractivity contribution >= 4 is 23.0 Å². The van der Waals surface area contributed by atoms with Crippen LogP contribution in [0.3, 0.4) is 0 Å². The summed E-state index contributed by atoms with van der Waals surface area (Å²) in [5.74, 6) is 0. The molecule has 0 aliphatic rings. The molecule has 0 radical (unpaired) electrons. The first-order valence-corrected chi connectivity index (χ1v) is 7.46. The molecule has 110 valence electrons. The Kier molecular flexibility index (Phi) is 5.72. The van der Waals surface area contributed by atoms with Gasteiger partial charge in [-0.15, -0.1) is 0 Å². The Labute approximate surface area is 131 Å². The van der Waals surface area contributed by atoms with E-state index >= 15 is 0 Å². The molecule has 0 amide bonds. The normalized spacial score (nSPS) is 11.7. The second-order valence-electron chi connectivity index (χ2n) is 4.81. The third-order valence-electron chi connectivity index (χ3n) is 3.26. The lowest BCUT2D eigenvalue weighted by Gasteiger charge is -2.15.